The van der Waals surface area contributed by atoms with Gasteiger partial charge in [-0.15, -0.1) is 22.9 Å². The molecule has 156 valence electrons. The number of thiophene rings is 1. The van der Waals surface area contributed by atoms with E-state index in [-0.39, 0.29) is 17.3 Å². The van der Waals surface area contributed by atoms with Crippen LogP contribution >= 0.6 is 11.3 Å². The average Bonchev–Trinajstić information content (AvgIpc) is 3.37. The summed E-state index contributed by atoms with van der Waals surface area (Å²) in [4.78, 5) is 23.1. The zero-order chi connectivity index (χ0) is 22.2. The number of anilines is 1. The number of pyridine rings is 1. The van der Waals surface area contributed by atoms with Gasteiger partial charge >= 0.3 is 0 Å². The third-order valence-corrected chi connectivity index (χ3v) is 6.13. The van der Waals surface area contributed by atoms with Crippen molar-refractivity contribution in [3.8, 4) is 23.5 Å². The molecule has 3 N–H and O–H groups in total. The lowest BCUT2D eigenvalue weighted by atomic mass is 9.98. The second-order valence-electron chi connectivity index (χ2n) is 7.28. The summed E-state index contributed by atoms with van der Waals surface area (Å²) in [5.41, 5.74) is 10.1. The highest BCUT2D eigenvalue weighted by Gasteiger charge is 2.23. The van der Waals surface area contributed by atoms with E-state index in [1.807, 2.05) is 48.7 Å². The Bertz CT molecular complexity index is 1510. The quantitative estimate of drug-likeness (QED) is 0.412. The number of aromatic nitrogens is 4. The molecular formula is C24H18N6OS. The predicted molar refractivity (Wildman–Crippen MR) is 126 cm³/mol. The van der Waals surface area contributed by atoms with E-state index >= 15 is 0 Å². The zero-order valence-electron chi connectivity index (χ0n) is 17.1. The molecule has 32 heavy (non-hydrogen) atoms. The molecule has 7 nitrogen and oxygen atoms in total. The first-order valence-electron chi connectivity index (χ1n) is 9.90. The average molecular weight is 439 g/mol. The number of nitrogens with two attached hydrogens (primary N) is 1. The molecule has 4 heterocycles. The van der Waals surface area contributed by atoms with E-state index in [4.69, 9.17) is 17.1 Å². The topological polar surface area (TPSA) is 98.2 Å². The molecule has 0 saturated carbocycles. The Morgan fingerprint density at radius 2 is 2.09 bits per heavy atom. The number of nitrogen functional groups attached to an aromatic ring is 1. The first-order valence-corrected chi connectivity index (χ1v) is 10.8. The molecule has 0 fully saturated rings. The van der Waals surface area contributed by atoms with Crippen molar-refractivity contribution in [2.45, 2.75) is 13.0 Å². The van der Waals surface area contributed by atoms with Gasteiger partial charge in [0.15, 0.2) is 11.5 Å². The molecule has 1 atom stereocenters. The Morgan fingerprint density at radius 3 is 2.88 bits per heavy atom. The summed E-state index contributed by atoms with van der Waals surface area (Å²) >= 11 is 1.49. The molecule has 0 spiro atoms. The molecule has 8 heteroatoms. The summed E-state index contributed by atoms with van der Waals surface area (Å²) in [7, 11) is 0. The van der Waals surface area contributed by atoms with Gasteiger partial charge in [0, 0.05) is 34.3 Å². The molecule has 5 rings (SSSR count). The molecule has 0 aliphatic rings. The molecule has 1 amide bonds. The summed E-state index contributed by atoms with van der Waals surface area (Å²) in [5, 5.41) is 10.0. The summed E-state index contributed by atoms with van der Waals surface area (Å²) < 4.78 is 1.49. The van der Waals surface area contributed by atoms with Crippen LogP contribution in [-0.2, 0) is 0 Å². The van der Waals surface area contributed by atoms with Gasteiger partial charge in [0.2, 0.25) is 0 Å². The Balaban J connectivity index is 1.58. The van der Waals surface area contributed by atoms with Crippen LogP contribution in [-0.4, -0.2) is 25.5 Å². The molecule has 1 unspecified atom stereocenters. The second kappa shape index (κ2) is 7.80. The Morgan fingerprint density at radius 1 is 1.28 bits per heavy atom. The second-order valence-corrected chi connectivity index (χ2v) is 8.13. The lowest BCUT2D eigenvalue weighted by Crippen LogP contribution is -2.28. The van der Waals surface area contributed by atoms with Crippen molar-refractivity contribution >= 4 is 38.9 Å². The number of fused-ring (bicyclic) bond motifs is 2. The predicted octanol–water partition coefficient (Wildman–Crippen LogP) is 4.06. The number of nitrogens with zero attached hydrogens (tertiary/aromatic N) is 4. The number of terminal acetylenes is 1. The normalized spacial score (nSPS) is 12.0. The Hall–Kier alpha value is -4.22. The monoisotopic (exact) mass is 438 g/mol. The Kier molecular flexibility index (Phi) is 4.81. The number of carbonyl (C=O) groups is 1. The van der Waals surface area contributed by atoms with Gasteiger partial charge in [-0.1, -0.05) is 36.3 Å². The van der Waals surface area contributed by atoms with Crippen LogP contribution in [0.25, 0.3) is 27.0 Å². The summed E-state index contributed by atoms with van der Waals surface area (Å²) in [6, 6.07) is 13.3. The number of nitrogens with one attached hydrogen (secondary N) is 1. The van der Waals surface area contributed by atoms with Gasteiger partial charge in [-0.3, -0.25) is 4.79 Å². The minimum atomic E-state index is -0.406. The highest BCUT2D eigenvalue weighted by molar-refractivity contribution is 7.17. The van der Waals surface area contributed by atoms with E-state index in [1.54, 1.807) is 18.5 Å². The van der Waals surface area contributed by atoms with Gasteiger partial charge in [-0.25, -0.2) is 14.5 Å². The van der Waals surface area contributed by atoms with Crippen LogP contribution in [0, 0.1) is 12.3 Å². The van der Waals surface area contributed by atoms with E-state index in [1.165, 1.54) is 15.9 Å². The summed E-state index contributed by atoms with van der Waals surface area (Å²) in [6.45, 7) is 1.89. The molecule has 1 aromatic carbocycles. The number of carbonyl (C=O) groups excluding carboxylic acids is 1. The first kappa shape index (κ1) is 19.7. The number of hydrogen-bond acceptors (Lipinski definition) is 6. The highest BCUT2D eigenvalue weighted by atomic mass is 32.1. The number of hydrogen-bond donors (Lipinski definition) is 2. The highest BCUT2D eigenvalue weighted by Crippen LogP contribution is 2.34. The fourth-order valence-electron chi connectivity index (χ4n) is 3.72. The van der Waals surface area contributed by atoms with Crippen molar-refractivity contribution in [2.24, 2.45) is 0 Å². The van der Waals surface area contributed by atoms with E-state index in [9.17, 15) is 4.79 Å². The van der Waals surface area contributed by atoms with Crippen LogP contribution in [0.1, 0.15) is 34.6 Å². The standard InChI is InChI=1S/C24H18N6OS/c1-3-15-13-32-24-18(15)12-17(16-8-5-4-6-9-16)20(28-24)14(2)27-23(31)19-21(25)29-30-11-7-10-26-22(19)30/h1,4-14H,2H3,(H2,25,29)(H,27,31). The van der Waals surface area contributed by atoms with Crippen LogP contribution < -0.4 is 11.1 Å². The largest absolute Gasteiger partial charge is 0.381 e. The smallest absolute Gasteiger partial charge is 0.259 e. The van der Waals surface area contributed by atoms with Gasteiger partial charge < -0.3 is 11.1 Å². The van der Waals surface area contributed by atoms with Crippen molar-refractivity contribution in [3.63, 3.8) is 0 Å². The molecule has 0 bridgehead atoms. The fraction of sp³-hybridized carbons (Fsp3) is 0.0833. The van der Waals surface area contributed by atoms with Crippen LogP contribution in [0.3, 0.4) is 0 Å². The zero-order valence-corrected chi connectivity index (χ0v) is 17.9. The number of rotatable bonds is 4. The van der Waals surface area contributed by atoms with E-state index in [0.717, 1.165) is 32.6 Å². The lowest BCUT2D eigenvalue weighted by Gasteiger charge is -2.18. The molecule has 0 aliphatic carbocycles. The van der Waals surface area contributed by atoms with Crippen LogP contribution in [0.15, 0.2) is 60.2 Å². The van der Waals surface area contributed by atoms with E-state index < -0.39 is 6.04 Å². The first-order chi connectivity index (χ1) is 15.6. The molecule has 5 aromatic rings. The van der Waals surface area contributed by atoms with Gasteiger partial charge in [0.1, 0.15) is 10.4 Å². The van der Waals surface area contributed by atoms with Crippen molar-refractivity contribution in [3.05, 3.63) is 77.1 Å². The third kappa shape index (κ3) is 3.25. The van der Waals surface area contributed by atoms with Gasteiger partial charge in [-0.05, 0) is 24.6 Å². The van der Waals surface area contributed by atoms with E-state index in [0.29, 0.717) is 5.65 Å². The molecule has 4 aromatic heterocycles. The molecule has 0 saturated heterocycles. The van der Waals surface area contributed by atoms with Crippen LogP contribution in [0.4, 0.5) is 5.82 Å². The van der Waals surface area contributed by atoms with Gasteiger partial charge in [0.05, 0.1) is 11.7 Å². The van der Waals surface area contributed by atoms with Crippen molar-refractivity contribution in [2.75, 3.05) is 5.73 Å². The van der Waals surface area contributed by atoms with Crippen molar-refractivity contribution in [1.82, 2.24) is 24.9 Å². The maximum Gasteiger partial charge on any atom is 0.259 e. The SMILES string of the molecule is C#Cc1csc2nc(C(C)NC(=O)c3c(N)nn4cccnc34)c(-c3ccccc3)cc12. The lowest BCUT2D eigenvalue weighted by molar-refractivity contribution is 0.0941. The number of benzene rings is 1. The third-order valence-electron chi connectivity index (χ3n) is 5.24. The summed E-state index contributed by atoms with van der Waals surface area (Å²) in [5.74, 6) is 2.48. The maximum absolute atomic E-state index is 13.2. The van der Waals surface area contributed by atoms with Crippen molar-refractivity contribution in [1.29, 1.82) is 0 Å². The fourth-order valence-corrected chi connectivity index (χ4v) is 4.59. The molecule has 0 radical (unpaired) electrons. The maximum atomic E-state index is 13.2. The van der Waals surface area contributed by atoms with Gasteiger partial charge in [0.25, 0.3) is 5.91 Å². The minimum absolute atomic E-state index is 0.122. The number of amides is 1. The van der Waals surface area contributed by atoms with Gasteiger partial charge in [-0.2, -0.15) is 0 Å². The molecular weight excluding hydrogens is 420 g/mol. The summed E-state index contributed by atoms with van der Waals surface area (Å²) in [6.07, 6.45) is 8.97. The van der Waals surface area contributed by atoms with Crippen LogP contribution in [0.5, 0.6) is 0 Å². The van der Waals surface area contributed by atoms with Crippen LogP contribution in [0.2, 0.25) is 0 Å². The minimum Gasteiger partial charge on any atom is -0.381 e. The Labute approximate surface area is 187 Å². The van der Waals surface area contributed by atoms with Crippen molar-refractivity contribution < 1.29 is 4.79 Å². The van der Waals surface area contributed by atoms with E-state index in [2.05, 4.69) is 21.3 Å². The molecule has 0 aliphatic heterocycles.